The lowest BCUT2D eigenvalue weighted by molar-refractivity contribution is 0.661. The molecule has 0 atom stereocenters. The highest BCUT2D eigenvalue weighted by Crippen LogP contribution is 2.51. The number of fused-ring (bicyclic) bond motifs is 5. The molecule has 0 fully saturated rings. The van der Waals surface area contributed by atoms with E-state index in [1.165, 1.54) is 38.6 Å². The molecule has 1 aliphatic rings. The van der Waals surface area contributed by atoms with Gasteiger partial charge in [-0.2, -0.15) is 0 Å². The average molecular weight is 552 g/mol. The predicted molar refractivity (Wildman–Crippen MR) is 177 cm³/mol. The molecule has 3 heteroatoms. The van der Waals surface area contributed by atoms with Crippen LogP contribution in [0.1, 0.15) is 25.0 Å². The maximum absolute atomic E-state index is 4.94. The van der Waals surface area contributed by atoms with E-state index in [0.29, 0.717) is 17.5 Å². The third-order valence-corrected chi connectivity index (χ3v) is 8.72. The summed E-state index contributed by atoms with van der Waals surface area (Å²) < 4.78 is 0. The fraction of sp³-hybridized carbons (Fsp3) is 0.0750. The van der Waals surface area contributed by atoms with Gasteiger partial charge >= 0.3 is 0 Å². The first-order valence-corrected chi connectivity index (χ1v) is 14.7. The van der Waals surface area contributed by atoms with Crippen LogP contribution in [0.25, 0.3) is 67.2 Å². The van der Waals surface area contributed by atoms with Crippen molar-refractivity contribution in [2.75, 3.05) is 0 Å². The number of hydrogen-bond acceptors (Lipinski definition) is 3. The smallest absolute Gasteiger partial charge is 0.164 e. The second kappa shape index (κ2) is 9.85. The Hall–Kier alpha value is -5.41. The first kappa shape index (κ1) is 25.3. The van der Waals surface area contributed by atoms with E-state index in [1.54, 1.807) is 0 Å². The number of benzene rings is 6. The number of rotatable bonds is 4. The number of nitrogens with zero attached hydrogens (tertiary/aromatic N) is 3. The third kappa shape index (κ3) is 4.24. The van der Waals surface area contributed by atoms with Crippen molar-refractivity contribution < 1.29 is 0 Å². The molecule has 204 valence electrons. The third-order valence-electron chi connectivity index (χ3n) is 8.72. The molecule has 0 spiro atoms. The highest BCUT2D eigenvalue weighted by atomic mass is 15.0. The Morgan fingerprint density at radius 1 is 0.419 bits per heavy atom. The van der Waals surface area contributed by atoms with Crippen LogP contribution in [0.3, 0.4) is 0 Å². The molecule has 1 aromatic heterocycles. The van der Waals surface area contributed by atoms with Crippen molar-refractivity contribution in [3.8, 4) is 56.4 Å². The molecular formula is C40H29N3. The zero-order valence-corrected chi connectivity index (χ0v) is 24.1. The van der Waals surface area contributed by atoms with Crippen molar-refractivity contribution in [2.45, 2.75) is 19.3 Å². The van der Waals surface area contributed by atoms with E-state index in [4.69, 9.17) is 15.0 Å². The van der Waals surface area contributed by atoms with Gasteiger partial charge in [-0.1, -0.05) is 141 Å². The molecule has 0 unspecified atom stereocenters. The molecule has 1 heterocycles. The van der Waals surface area contributed by atoms with Crippen LogP contribution < -0.4 is 0 Å². The molecule has 0 N–H and O–H groups in total. The molecule has 8 rings (SSSR count). The highest BCUT2D eigenvalue weighted by Gasteiger charge is 2.35. The first-order valence-electron chi connectivity index (χ1n) is 14.7. The second-order valence-corrected chi connectivity index (χ2v) is 11.7. The maximum atomic E-state index is 4.94. The van der Waals surface area contributed by atoms with E-state index in [9.17, 15) is 0 Å². The molecule has 7 aromatic rings. The van der Waals surface area contributed by atoms with Gasteiger partial charge < -0.3 is 0 Å². The van der Waals surface area contributed by atoms with Crippen LogP contribution in [0.4, 0.5) is 0 Å². The topological polar surface area (TPSA) is 38.7 Å². The van der Waals surface area contributed by atoms with Gasteiger partial charge in [-0.05, 0) is 56.3 Å². The zero-order chi connectivity index (χ0) is 29.0. The summed E-state index contributed by atoms with van der Waals surface area (Å²) in [5, 5.41) is 2.54. The summed E-state index contributed by atoms with van der Waals surface area (Å²) in [6.45, 7) is 4.66. The lowest BCUT2D eigenvalue weighted by atomic mass is 9.82. The molecule has 0 amide bonds. The van der Waals surface area contributed by atoms with Crippen LogP contribution >= 0.6 is 0 Å². The highest BCUT2D eigenvalue weighted by molar-refractivity contribution is 6.03. The van der Waals surface area contributed by atoms with E-state index in [2.05, 4.69) is 92.7 Å². The second-order valence-electron chi connectivity index (χ2n) is 11.7. The zero-order valence-electron chi connectivity index (χ0n) is 24.1. The monoisotopic (exact) mass is 551 g/mol. The van der Waals surface area contributed by atoms with Crippen molar-refractivity contribution in [1.82, 2.24) is 15.0 Å². The summed E-state index contributed by atoms with van der Waals surface area (Å²) in [5.41, 5.74) is 10.7. The van der Waals surface area contributed by atoms with Crippen molar-refractivity contribution in [2.24, 2.45) is 0 Å². The molecule has 0 saturated heterocycles. The van der Waals surface area contributed by atoms with Crippen LogP contribution in [0, 0.1) is 0 Å². The fourth-order valence-corrected chi connectivity index (χ4v) is 6.49. The quantitative estimate of drug-likeness (QED) is 0.218. The van der Waals surface area contributed by atoms with E-state index in [0.717, 1.165) is 22.3 Å². The Bertz CT molecular complexity index is 2090. The molecule has 0 radical (unpaired) electrons. The van der Waals surface area contributed by atoms with Crippen molar-refractivity contribution in [3.05, 3.63) is 151 Å². The summed E-state index contributed by atoms with van der Waals surface area (Å²) in [6, 6.07) is 49.0. The largest absolute Gasteiger partial charge is 0.208 e. The minimum absolute atomic E-state index is 0.00509. The van der Waals surface area contributed by atoms with E-state index >= 15 is 0 Å². The maximum Gasteiger partial charge on any atom is 0.164 e. The van der Waals surface area contributed by atoms with Crippen molar-refractivity contribution >= 4 is 10.8 Å². The Kier molecular flexibility index (Phi) is 5.80. The summed E-state index contributed by atoms with van der Waals surface area (Å²) in [4.78, 5) is 14.7. The van der Waals surface area contributed by atoms with Crippen LogP contribution in [-0.2, 0) is 5.41 Å². The van der Waals surface area contributed by atoms with Gasteiger partial charge in [0.15, 0.2) is 17.5 Å². The molecule has 43 heavy (non-hydrogen) atoms. The Balaban J connectivity index is 1.24. The molecule has 3 nitrogen and oxygen atoms in total. The van der Waals surface area contributed by atoms with Gasteiger partial charge in [-0.25, -0.2) is 15.0 Å². The SMILES string of the molecule is CC1(C)c2ccccc2-c2c1ccc1cc(-c3cccc(-c4nc(-c5ccccc5)nc(-c5ccccc5)n4)c3)ccc21. The fourth-order valence-electron chi connectivity index (χ4n) is 6.49. The molecule has 0 aliphatic heterocycles. The van der Waals surface area contributed by atoms with Crippen LogP contribution in [0.15, 0.2) is 140 Å². The van der Waals surface area contributed by atoms with Gasteiger partial charge in [-0.15, -0.1) is 0 Å². The average Bonchev–Trinajstić information content (AvgIpc) is 3.31. The van der Waals surface area contributed by atoms with Gasteiger partial charge in [0, 0.05) is 22.1 Å². The van der Waals surface area contributed by atoms with Gasteiger partial charge in [0.1, 0.15) is 0 Å². The van der Waals surface area contributed by atoms with Crippen LogP contribution in [0.2, 0.25) is 0 Å². The molecule has 0 bridgehead atoms. The van der Waals surface area contributed by atoms with E-state index in [-0.39, 0.29) is 5.41 Å². The lowest BCUT2D eigenvalue weighted by Gasteiger charge is -2.21. The Morgan fingerprint density at radius 3 is 1.67 bits per heavy atom. The van der Waals surface area contributed by atoms with Gasteiger partial charge in [-0.3, -0.25) is 0 Å². The summed E-state index contributed by atoms with van der Waals surface area (Å²) in [7, 11) is 0. The van der Waals surface area contributed by atoms with E-state index in [1.807, 2.05) is 60.7 Å². The molecule has 6 aromatic carbocycles. The lowest BCUT2D eigenvalue weighted by Crippen LogP contribution is -2.14. The van der Waals surface area contributed by atoms with Gasteiger partial charge in [0.05, 0.1) is 0 Å². The molecular weight excluding hydrogens is 522 g/mol. The summed E-state index contributed by atoms with van der Waals surface area (Å²) in [5.74, 6) is 1.99. The minimum atomic E-state index is -0.00509. The summed E-state index contributed by atoms with van der Waals surface area (Å²) in [6.07, 6.45) is 0. The van der Waals surface area contributed by atoms with Crippen LogP contribution in [-0.4, -0.2) is 15.0 Å². The van der Waals surface area contributed by atoms with E-state index < -0.39 is 0 Å². The Morgan fingerprint density at radius 2 is 0.977 bits per heavy atom. The predicted octanol–water partition coefficient (Wildman–Crippen LogP) is 10.00. The normalized spacial score (nSPS) is 13.1. The number of aromatic nitrogens is 3. The summed E-state index contributed by atoms with van der Waals surface area (Å²) >= 11 is 0. The first-order chi connectivity index (χ1) is 21.1. The van der Waals surface area contributed by atoms with Crippen molar-refractivity contribution in [1.29, 1.82) is 0 Å². The molecule has 1 aliphatic carbocycles. The minimum Gasteiger partial charge on any atom is -0.208 e. The van der Waals surface area contributed by atoms with Crippen molar-refractivity contribution in [3.63, 3.8) is 0 Å². The van der Waals surface area contributed by atoms with Gasteiger partial charge in [0.25, 0.3) is 0 Å². The number of hydrogen-bond donors (Lipinski definition) is 0. The standard InChI is InChI=1S/C40H29N3/c1-40(2)34-19-10-9-18-33(34)36-32-22-20-29(24-30(32)21-23-35(36)40)28-16-11-17-31(25-28)39-42-37(26-12-5-3-6-13-26)41-38(43-39)27-14-7-4-8-15-27/h3-25H,1-2H3. The Labute approximate surface area is 251 Å². The van der Waals surface area contributed by atoms with Gasteiger partial charge in [0.2, 0.25) is 0 Å². The molecule has 0 saturated carbocycles. The van der Waals surface area contributed by atoms with Crippen LogP contribution in [0.5, 0.6) is 0 Å².